The predicted molar refractivity (Wildman–Crippen MR) is 114 cm³/mol. The number of phenolic OH excluding ortho intramolecular Hbond substituents is 1. The molecule has 1 aromatic rings. The minimum absolute atomic E-state index is 0.138. The maximum absolute atomic E-state index is 12.1. The first kappa shape index (κ1) is 20.0. The van der Waals surface area contributed by atoms with Crippen molar-refractivity contribution in [2.75, 3.05) is 46.3 Å². The van der Waals surface area contributed by atoms with E-state index in [0.29, 0.717) is 18.7 Å². The van der Waals surface area contributed by atoms with Gasteiger partial charge in [0.1, 0.15) is 5.75 Å². The molecule has 3 fully saturated rings. The van der Waals surface area contributed by atoms with Crippen molar-refractivity contribution < 1.29 is 9.90 Å². The zero-order valence-electron chi connectivity index (χ0n) is 17.3. The Morgan fingerprint density at radius 2 is 1.79 bits per heavy atom. The van der Waals surface area contributed by atoms with Crippen molar-refractivity contribution in [2.45, 2.75) is 31.7 Å². The Labute approximate surface area is 173 Å². The first-order valence-electron chi connectivity index (χ1n) is 10.9. The first-order chi connectivity index (χ1) is 14.1. The molecule has 0 spiro atoms. The average molecular weight is 400 g/mol. The molecule has 3 aliphatic rings. The number of guanidine groups is 1. The zero-order valence-corrected chi connectivity index (χ0v) is 17.3. The van der Waals surface area contributed by atoms with Crippen LogP contribution in [0.15, 0.2) is 29.3 Å². The molecule has 4 rings (SSSR count). The van der Waals surface area contributed by atoms with Gasteiger partial charge in [-0.05, 0) is 55.4 Å². The number of carbonyl (C=O) groups is 1. The lowest BCUT2D eigenvalue weighted by molar-refractivity contribution is 0.0948. The van der Waals surface area contributed by atoms with Crippen molar-refractivity contribution in [1.82, 2.24) is 20.4 Å². The highest BCUT2D eigenvalue weighted by molar-refractivity contribution is 5.94. The molecule has 0 aromatic heterocycles. The summed E-state index contributed by atoms with van der Waals surface area (Å²) in [6.07, 6.45) is 5.78. The highest BCUT2D eigenvalue weighted by Gasteiger charge is 2.42. The number of amides is 1. The third-order valence-electron chi connectivity index (χ3n) is 6.82. The van der Waals surface area contributed by atoms with Gasteiger partial charge in [-0.2, -0.15) is 0 Å². The van der Waals surface area contributed by atoms with Gasteiger partial charge in [0.15, 0.2) is 5.96 Å². The summed E-state index contributed by atoms with van der Waals surface area (Å²) in [4.78, 5) is 21.6. The molecule has 1 heterocycles. The van der Waals surface area contributed by atoms with E-state index < -0.39 is 0 Å². The van der Waals surface area contributed by atoms with E-state index in [0.717, 1.165) is 50.0 Å². The Kier molecular flexibility index (Phi) is 6.23. The largest absolute Gasteiger partial charge is 0.508 e. The van der Waals surface area contributed by atoms with E-state index in [1.807, 2.05) is 7.05 Å². The Balaban J connectivity index is 1.17. The predicted octanol–water partition coefficient (Wildman–Crippen LogP) is 1.50. The third-order valence-corrected chi connectivity index (χ3v) is 6.82. The summed E-state index contributed by atoms with van der Waals surface area (Å²) in [6.45, 7) is 5.39. The third kappa shape index (κ3) is 4.66. The number of aromatic hydroxyl groups is 1. The fourth-order valence-electron chi connectivity index (χ4n) is 5.32. The Morgan fingerprint density at radius 3 is 2.41 bits per heavy atom. The molecule has 29 heavy (non-hydrogen) atoms. The number of hydrogen-bond acceptors (Lipinski definition) is 4. The van der Waals surface area contributed by atoms with Crippen LogP contribution in [0.5, 0.6) is 5.75 Å². The quantitative estimate of drug-likeness (QED) is 0.397. The van der Waals surface area contributed by atoms with Gasteiger partial charge in [-0.3, -0.25) is 14.7 Å². The van der Waals surface area contributed by atoms with Crippen LogP contribution in [-0.4, -0.2) is 79.1 Å². The van der Waals surface area contributed by atoms with Crippen LogP contribution in [0.1, 0.15) is 36.0 Å². The molecule has 0 radical (unpaired) electrons. The fourth-order valence-corrected chi connectivity index (χ4v) is 5.32. The van der Waals surface area contributed by atoms with Gasteiger partial charge in [0.05, 0.1) is 0 Å². The molecular formula is C22H33N5O2. The summed E-state index contributed by atoms with van der Waals surface area (Å²) in [5.74, 6) is 2.88. The number of carbonyl (C=O) groups excluding carboxylic acids is 1. The van der Waals surface area contributed by atoms with Crippen LogP contribution in [0.4, 0.5) is 0 Å². The van der Waals surface area contributed by atoms with Crippen molar-refractivity contribution in [2.24, 2.45) is 16.8 Å². The minimum atomic E-state index is -0.138. The van der Waals surface area contributed by atoms with Gasteiger partial charge in [0.2, 0.25) is 0 Å². The minimum Gasteiger partial charge on any atom is -0.508 e. The fraction of sp³-hybridized carbons (Fsp3) is 0.636. The van der Waals surface area contributed by atoms with E-state index in [1.165, 1.54) is 37.8 Å². The molecule has 1 amide bonds. The summed E-state index contributed by atoms with van der Waals surface area (Å²) >= 11 is 0. The van der Waals surface area contributed by atoms with Crippen LogP contribution < -0.4 is 10.6 Å². The molecule has 2 bridgehead atoms. The molecule has 3 atom stereocenters. The number of nitrogens with one attached hydrogen (secondary N) is 2. The summed E-state index contributed by atoms with van der Waals surface area (Å²) in [5, 5.41) is 15.6. The number of hydrogen-bond donors (Lipinski definition) is 3. The van der Waals surface area contributed by atoms with E-state index in [-0.39, 0.29) is 11.7 Å². The molecule has 7 heteroatoms. The van der Waals surface area contributed by atoms with Crippen molar-refractivity contribution in [1.29, 1.82) is 0 Å². The van der Waals surface area contributed by atoms with Gasteiger partial charge in [-0.1, -0.05) is 6.42 Å². The topological polar surface area (TPSA) is 80.2 Å². The van der Waals surface area contributed by atoms with E-state index in [4.69, 9.17) is 0 Å². The number of aliphatic imine (C=N–C) groups is 1. The maximum atomic E-state index is 12.1. The van der Waals surface area contributed by atoms with Crippen molar-refractivity contribution in [3.8, 4) is 5.75 Å². The summed E-state index contributed by atoms with van der Waals surface area (Å²) in [7, 11) is 1.82. The lowest BCUT2D eigenvalue weighted by atomic mass is 9.93. The average Bonchev–Trinajstić information content (AvgIpc) is 3.38. The van der Waals surface area contributed by atoms with E-state index in [2.05, 4.69) is 25.4 Å². The van der Waals surface area contributed by atoms with Gasteiger partial charge in [0, 0.05) is 57.9 Å². The zero-order chi connectivity index (χ0) is 20.2. The Morgan fingerprint density at radius 1 is 1.07 bits per heavy atom. The normalized spacial score (nSPS) is 27.3. The number of piperazine rings is 1. The number of benzene rings is 1. The second-order valence-electron chi connectivity index (χ2n) is 8.54. The maximum Gasteiger partial charge on any atom is 0.251 e. The van der Waals surface area contributed by atoms with E-state index in [9.17, 15) is 9.90 Å². The highest BCUT2D eigenvalue weighted by Crippen LogP contribution is 2.46. The molecule has 7 nitrogen and oxygen atoms in total. The number of phenols is 1. The molecule has 3 unspecified atom stereocenters. The second-order valence-corrected chi connectivity index (χ2v) is 8.54. The second kappa shape index (κ2) is 9.03. The number of nitrogens with zero attached hydrogens (tertiary/aromatic N) is 3. The highest BCUT2D eigenvalue weighted by atomic mass is 16.3. The molecule has 1 aliphatic heterocycles. The van der Waals surface area contributed by atoms with E-state index in [1.54, 1.807) is 12.1 Å². The molecule has 2 saturated carbocycles. The smallest absolute Gasteiger partial charge is 0.251 e. The van der Waals surface area contributed by atoms with Gasteiger partial charge < -0.3 is 20.6 Å². The molecule has 2 aliphatic carbocycles. The van der Waals surface area contributed by atoms with Crippen molar-refractivity contribution >= 4 is 11.9 Å². The molecule has 1 aromatic carbocycles. The van der Waals surface area contributed by atoms with Crippen LogP contribution in [-0.2, 0) is 0 Å². The van der Waals surface area contributed by atoms with Crippen LogP contribution in [0.3, 0.4) is 0 Å². The number of fused-ring (bicyclic) bond motifs is 2. The Hall–Kier alpha value is -2.28. The van der Waals surface area contributed by atoms with E-state index >= 15 is 0 Å². The molecule has 3 N–H and O–H groups in total. The van der Waals surface area contributed by atoms with Crippen LogP contribution in [0, 0.1) is 11.8 Å². The Bertz CT molecular complexity index is 727. The summed E-state index contributed by atoms with van der Waals surface area (Å²) < 4.78 is 0. The van der Waals surface area contributed by atoms with Gasteiger partial charge in [-0.15, -0.1) is 0 Å². The van der Waals surface area contributed by atoms with Crippen LogP contribution in [0.25, 0.3) is 0 Å². The summed E-state index contributed by atoms with van der Waals surface area (Å²) in [6, 6.07) is 7.09. The first-order valence-corrected chi connectivity index (χ1v) is 10.9. The van der Waals surface area contributed by atoms with Crippen LogP contribution >= 0.6 is 0 Å². The van der Waals surface area contributed by atoms with Crippen molar-refractivity contribution in [3.05, 3.63) is 29.8 Å². The standard InChI is InChI=1S/C22H33N5O2/c1-23-22(25-9-8-24-21(29)17-4-6-19(28)7-5-17)27-12-10-26(11-13-27)20-15-16-2-3-18(20)14-16/h4-7,16,18,20,28H,2-3,8-15H2,1H3,(H,23,25)(H,24,29). The van der Waals surface area contributed by atoms with Crippen molar-refractivity contribution in [3.63, 3.8) is 0 Å². The SMILES string of the molecule is CN=C(NCCNC(=O)c1ccc(O)cc1)N1CCN(C2CC3CCC2C3)CC1. The van der Waals surface area contributed by atoms with Gasteiger partial charge >= 0.3 is 0 Å². The van der Waals surface area contributed by atoms with Gasteiger partial charge in [0.25, 0.3) is 5.91 Å². The molecule has 158 valence electrons. The lowest BCUT2D eigenvalue weighted by Crippen LogP contribution is -2.56. The molecule has 1 saturated heterocycles. The lowest BCUT2D eigenvalue weighted by Gasteiger charge is -2.41. The van der Waals surface area contributed by atoms with Gasteiger partial charge in [-0.25, -0.2) is 0 Å². The molecular weight excluding hydrogens is 366 g/mol. The summed E-state index contributed by atoms with van der Waals surface area (Å²) in [5.41, 5.74) is 0.545. The number of rotatable bonds is 5. The van der Waals surface area contributed by atoms with Crippen LogP contribution in [0.2, 0.25) is 0 Å². The monoisotopic (exact) mass is 399 g/mol.